The van der Waals surface area contributed by atoms with Crippen molar-refractivity contribution in [3.8, 4) is 0 Å². The van der Waals surface area contributed by atoms with Crippen LogP contribution >= 0.6 is 0 Å². The smallest absolute Gasteiger partial charge is 0.343 e. The number of esters is 1. The van der Waals surface area contributed by atoms with Gasteiger partial charge in [0.1, 0.15) is 24.7 Å². The number of likely N-dealkylation sites (tertiary alicyclic amines) is 1. The van der Waals surface area contributed by atoms with Crippen LogP contribution in [0.25, 0.3) is 0 Å². The highest BCUT2D eigenvalue weighted by Gasteiger charge is 2.51. The van der Waals surface area contributed by atoms with E-state index in [0.717, 1.165) is 38.5 Å². The van der Waals surface area contributed by atoms with E-state index in [0.29, 0.717) is 22.3 Å². The van der Waals surface area contributed by atoms with Crippen molar-refractivity contribution in [1.29, 1.82) is 0 Å². The lowest BCUT2D eigenvalue weighted by atomic mass is 9.80. The average molecular weight is 454 g/mol. The minimum atomic E-state index is -1.67. The number of hydrogen-bond donors (Lipinski definition) is 2. The Bertz CT molecular complexity index is 967. The van der Waals surface area contributed by atoms with Gasteiger partial charge in [-0.15, -0.1) is 0 Å². The highest BCUT2D eigenvalue weighted by Crippen LogP contribution is 2.42. The molecule has 8 nitrogen and oxygen atoms in total. The number of likely N-dealkylation sites (N-methyl/N-ethyl adjacent to an activating group) is 1. The zero-order chi connectivity index (χ0) is 23.5. The van der Waals surface area contributed by atoms with Gasteiger partial charge in [-0.1, -0.05) is 43.2 Å². The first-order chi connectivity index (χ1) is 15.9. The molecule has 0 bridgehead atoms. The number of ether oxygens (including phenoxy) is 1. The molecule has 1 aliphatic carbocycles. The minimum absolute atomic E-state index is 0.103. The molecule has 4 atom stereocenters. The molecule has 2 heterocycles. The molecule has 4 rings (SSSR count). The maximum Gasteiger partial charge on any atom is 0.343 e. The van der Waals surface area contributed by atoms with Gasteiger partial charge in [-0.25, -0.2) is 14.8 Å². The molecule has 2 aromatic rings. The normalized spacial score (nSPS) is 25.9. The molecular weight excluding hydrogens is 420 g/mol. The summed E-state index contributed by atoms with van der Waals surface area (Å²) >= 11 is 0. The minimum Gasteiger partial charge on any atom is -0.457 e. The maximum absolute atomic E-state index is 13.4. The van der Waals surface area contributed by atoms with Crippen LogP contribution in [0.3, 0.4) is 0 Å². The molecule has 1 aromatic carbocycles. The second-order valence-electron chi connectivity index (χ2n) is 9.52. The largest absolute Gasteiger partial charge is 0.457 e. The predicted octanol–water partition coefficient (Wildman–Crippen LogP) is 2.23. The number of nitrogens with zero attached hydrogens (tertiary/aromatic N) is 3. The third-order valence-electron chi connectivity index (χ3n) is 7.63. The fraction of sp³-hybridized carbons (Fsp3) is 0.520. The summed E-state index contributed by atoms with van der Waals surface area (Å²) in [5.41, 5.74) is 5.28. The van der Waals surface area contributed by atoms with Crippen LogP contribution in [0.5, 0.6) is 0 Å². The van der Waals surface area contributed by atoms with Crippen LogP contribution in [0.4, 0.5) is 0 Å². The van der Waals surface area contributed by atoms with E-state index in [9.17, 15) is 14.7 Å². The van der Waals surface area contributed by atoms with Gasteiger partial charge in [0, 0.05) is 25.0 Å². The first-order valence-electron chi connectivity index (χ1n) is 11.7. The molecule has 1 saturated carbocycles. The van der Waals surface area contributed by atoms with E-state index in [1.807, 2.05) is 25.2 Å². The van der Waals surface area contributed by atoms with Crippen molar-refractivity contribution in [2.75, 3.05) is 20.2 Å². The van der Waals surface area contributed by atoms with Crippen molar-refractivity contribution in [1.82, 2.24) is 9.97 Å². The number of nitrogens with two attached hydrogens (primary N) is 1. The molecule has 33 heavy (non-hydrogen) atoms. The molecular formula is C25H33N4O4+. The maximum atomic E-state index is 13.4. The number of amides is 1. The number of carbonyl (C=O) groups excluding carboxylic acids is 2. The summed E-state index contributed by atoms with van der Waals surface area (Å²) in [5.74, 6) is -1.26. The van der Waals surface area contributed by atoms with E-state index in [1.165, 1.54) is 6.33 Å². The van der Waals surface area contributed by atoms with Gasteiger partial charge in [0.2, 0.25) is 6.04 Å². The van der Waals surface area contributed by atoms with Crippen molar-refractivity contribution < 1.29 is 23.9 Å². The summed E-state index contributed by atoms with van der Waals surface area (Å²) in [7, 11) is 1.96. The van der Waals surface area contributed by atoms with Gasteiger partial charge < -0.3 is 20.1 Å². The summed E-state index contributed by atoms with van der Waals surface area (Å²) < 4.78 is 6.14. The molecule has 2 aliphatic rings. The second-order valence-corrected chi connectivity index (χ2v) is 9.52. The topological polar surface area (TPSA) is 115 Å². The van der Waals surface area contributed by atoms with Gasteiger partial charge >= 0.3 is 5.97 Å². The molecule has 0 radical (unpaired) electrons. The Morgan fingerprint density at radius 3 is 2.55 bits per heavy atom. The van der Waals surface area contributed by atoms with Crippen molar-refractivity contribution >= 4 is 11.9 Å². The fourth-order valence-electron chi connectivity index (χ4n) is 5.78. The molecule has 1 aliphatic heterocycles. The third kappa shape index (κ3) is 4.37. The molecule has 1 amide bonds. The Balaban J connectivity index is 1.55. The van der Waals surface area contributed by atoms with Crippen LogP contribution in [0.1, 0.15) is 55.8 Å². The molecule has 2 fully saturated rings. The molecule has 1 saturated heterocycles. The number of benzene rings is 1. The van der Waals surface area contributed by atoms with Gasteiger partial charge in [-0.3, -0.25) is 4.79 Å². The Morgan fingerprint density at radius 1 is 1.18 bits per heavy atom. The van der Waals surface area contributed by atoms with E-state index in [2.05, 4.69) is 9.97 Å². The van der Waals surface area contributed by atoms with E-state index < -0.39 is 23.5 Å². The monoisotopic (exact) mass is 453 g/mol. The van der Waals surface area contributed by atoms with Crippen molar-refractivity contribution in [2.24, 2.45) is 11.7 Å². The summed E-state index contributed by atoms with van der Waals surface area (Å²) in [5, 5.41) is 11.7. The molecule has 8 heteroatoms. The van der Waals surface area contributed by atoms with Gasteiger partial charge in [0.15, 0.2) is 5.60 Å². The zero-order valence-electron chi connectivity index (χ0n) is 19.1. The van der Waals surface area contributed by atoms with E-state index >= 15 is 0 Å². The van der Waals surface area contributed by atoms with Gasteiger partial charge in [-0.05, 0) is 24.5 Å². The summed E-state index contributed by atoms with van der Waals surface area (Å²) in [4.78, 5) is 34.1. The first kappa shape index (κ1) is 23.3. The molecule has 1 aromatic heterocycles. The lowest BCUT2D eigenvalue weighted by Gasteiger charge is -2.41. The second kappa shape index (κ2) is 9.57. The summed E-state index contributed by atoms with van der Waals surface area (Å²) in [6, 6.07) is 9.99. The Hall–Kier alpha value is -2.84. The number of hydrogen-bond acceptors (Lipinski definition) is 6. The number of quaternary nitrogens is 1. The lowest BCUT2D eigenvalue weighted by Crippen LogP contribution is -2.57. The third-order valence-corrected chi connectivity index (χ3v) is 7.63. The zero-order valence-corrected chi connectivity index (χ0v) is 19.1. The Labute approximate surface area is 194 Å². The van der Waals surface area contributed by atoms with Crippen molar-refractivity contribution in [3.63, 3.8) is 0 Å². The summed E-state index contributed by atoms with van der Waals surface area (Å²) in [6.45, 7) is 0.817. The van der Waals surface area contributed by atoms with Gasteiger partial charge in [0.25, 0.3) is 5.91 Å². The Morgan fingerprint density at radius 2 is 1.91 bits per heavy atom. The number of aliphatic hydroxyl groups is 1. The fourth-order valence-corrected chi connectivity index (χ4v) is 5.78. The van der Waals surface area contributed by atoms with Crippen LogP contribution in [0.2, 0.25) is 0 Å². The van der Waals surface area contributed by atoms with Crippen LogP contribution in [-0.2, 0) is 19.9 Å². The number of aromatic nitrogens is 2. The number of rotatable bonds is 8. The van der Waals surface area contributed by atoms with Gasteiger partial charge in [-0.2, -0.15) is 0 Å². The molecule has 176 valence electrons. The SMILES string of the molecule is C[N+]1(C(C(N)=O)c2ccncn2)CCCC1COC(=O)C(O)(c1ccccc1)C1CCCC1. The van der Waals surface area contributed by atoms with Crippen molar-refractivity contribution in [3.05, 3.63) is 60.2 Å². The van der Waals surface area contributed by atoms with Crippen molar-refractivity contribution in [2.45, 2.75) is 56.2 Å². The highest BCUT2D eigenvalue weighted by molar-refractivity contribution is 5.82. The average Bonchev–Trinajstić information content (AvgIpc) is 3.49. The molecule has 3 N–H and O–H groups in total. The van der Waals surface area contributed by atoms with Crippen LogP contribution in [0, 0.1) is 5.92 Å². The first-order valence-corrected chi connectivity index (χ1v) is 11.7. The van der Waals surface area contributed by atoms with E-state index in [1.54, 1.807) is 24.4 Å². The predicted molar refractivity (Wildman–Crippen MR) is 121 cm³/mol. The molecule has 0 spiro atoms. The van der Waals surface area contributed by atoms with Gasteiger partial charge in [0.05, 0.1) is 13.6 Å². The van der Waals surface area contributed by atoms with Crippen LogP contribution in [-0.4, -0.2) is 57.7 Å². The standard InChI is InChI=1S/C25H32N4O4/c1-29(22(23(26)30)21-13-14-27-17-28-21)15-7-12-20(29)16-33-24(31)25(32,19-10-5-6-11-19)18-8-3-2-4-9-18/h2-4,8-9,13-14,17,19-20,22,32H,5-7,10-12,15-16H2,1H3,(H-,26,30)/p+1. The summed E-state index contributed by atoms with van der Waals surface area (Å²) in [6.07, 6.45) is 8.21. The van der Waals surface area contributed by atoms with Crippen LogP contribution < -0.4 is 5.73 Å². The number of primary amides is 1. The van der Waals surface area contributed by atoms with E-state index in [4.69, 9.17) is 10.5 Å². The Kier molecular flexibility index (Phi) is 6.76. The quantitative estimate of drug-likeness (QED) is 0.468. The van der Waals surface area contributed by atoms with Crippen LogP contribution in [0.15, 0.2) is 48.9 Å². The number of carbonyl (C=O) groups is 2. The van der Waals surface area contributed by atoms with E-state index in [-0.39, 0.29) is 18.6 Å². The molecule has 4 unspecified atom stereocenters. The lowest BCUT2D eigenvalue weighted by molar-refractivity contribution is -0.941. The highest BCUT2D eigenvalue weighted by atomic mass is 16.6.